The van der Waals surface area contributed by atoms with Crippen LogP contribution < -0.4 is 10.2 Å². The molecule has 10 nitrogen and oxygen atoms in total. The number of likely N-dealkylation sites (tertiary alicyclic amines) is 1. The zero-order valence-corrected chi connectivity index (χ0v) is 23.3. The second kappa shape index (κ2) is 10.0. The summed E-state index contributed by atoms with van der Waals surface area (Å²) in [5.74, 6) is 0.318. The highest BCUT2D eigenvalue weighted by molar-refractivity contribution is 5.90. The lowest BCUT2D eigenvalue weighted by Crippen LogP contribution is -2.71. The first-order valence-electron chi connectivity index (χ1n) is 14.7. The summed E-state index contributed by atoms with van der Waals surface area (Å²) in [6.45, 7) is 4.09. The van der Waals surface area contributed by atoms with Crippen LogP contribution in [0.1, 0.15) is 68.5 Å². The normalized spacial score (nSPS) is 29.5. The average molecular weight is 543 g/mol. The Morgan fingerprint density at radius 2 is 1.93 bits per heavy atom. The molecule has 4 aliphatic rings. The van der Waals surface area contributed by atoms with E-state index in [1.165, 1.54) is 31.2 Å². The molecule has 0 aliphatic carbocycles. The number of nitrogens with zero attached hydrogens (tertiary/aromatic N) is 7. The van der Waals surface area contributed by atoms with Gasteiger partial charge in [-0.2, -0.15) is 0 Å². The number of fused-ring (bicyclic) bond motifs is 4. The molecule has 2 unspecified atom stereocenters. The van der Waals surface area contributed by atoms with Gasteiger partial charge in [0.2, 0.25) is 5.95 Å². The molecule has 0 radical (unpaired) electrons. The molecule has 210 valence electrons. The predicted molar refractivity (Wildman–Crippen MR) is 153 cm³/mol. The monoisotopic (exact) mass is 542 g/mol. The third-order valence-corrected chi connectivity index (χ3v) is 9.71. The lowest BCUT2D eigenvalue weighted by atomic mass is 9.87. The Kier molecular flexibility index (Phi) is 6.44. The van der Waals surface area contributed by atoms with Crippen LogP contribution in [0.15, 0.2) is 30.6 Å². The van der Waals surface area contributed by atoms with Crippen LogP contribution in [-0.4, -0.2) is 79.1 Å². The summed E-state index contributed by atoms with van der Waals surface area (Å²) in [6, 6.07) is 6.95. The Morgan fingerprint density at radius 1 is 1.12 bits per heavy atom. The van der Waals surface area contributed by atoms with Gasteiger partial charge in [0.05, 0.1) is 17.7 Å². The second-order valence-electron chi connectivity index (χ2n) is 12.0. The van der Waals surface area contributed by atoms with E-state index in [1.807, 2.05) is 24.5 Å². The van der Waals surface area contributed by atoms with Crippen LogP contribution in [0.3, 0.4) is 0 Å². The number of piperidine rings is 1. The minimum atomic E-state index is -0.763. The van der Waals surface area contributed by atoms with Gasteiger partial charge < -0.3 is 20.1 Å². The number of carbonyl (C=O) groups excluding carboxylic acids is 1. The lowest BCUT2D eigenvalue weighted by molar-refractivity contribution is -0.133. The maximum absolute atomic E-state index is 12.6. The molecule has 3 saturated heterocycles. The van der Waals surface area contributed by atoms with Crippen LogP contribution in [-0.2, 0) is 17.8 Å². The van der Waals surface area contributed by atoms with Gasteiger partial charge in [0.25, 0.3) is 0 Å². The second-order valence-corrected chi connectivity index (χ2v) is 12.0. The van der Waals surface area contributed by atoms with E-state index in [4.69, 9.17) is 15.0 Å². The molecule has 10 heteroatoms. The van der Waals surface area contributed by atoms with Gasteiger partial charge in [-0.1, -0.05) is 6.07 Å². The molecule has 7 heterocycles. The number of carbonyl (C=O) groups is 1. The molecule has 3 atom stereocenters. The smallest absolute Gasteiger partial charge is 0.225 e. The number of nitrogens with one attached hydrogen (secondary N) is 1. The summed E-state index contributed by atoms with van der Waals surface area (Å²) in [5.41, 5.74) is 3.76. The average Bonchev–Trinajstić information content (AvgIpc) is 3.58. The minimum absolute atomic E-state index is 0.256. The Morgan fingerprint density at radius 3 is 2.67 bits per heavy atom. The standard InChI is InChI=1S/C30H38N8O2/c1-19(40)26-15-21-16-32-29(34-27(21)28(33-26)38-23-7-8-24(38)10-9-23)35-30(22(18-39)6-4-13-36(30)2)37-14-11-25-20(17-37)5-3-12-31-25/h3,5,12,15-16,18-19,22-24,40H,4,6-11,13-14,17H2,1-2H3,(H,32,34,35)/t19-,22?,23?,24?,30?/m1/s1. The molecular weight excluding hydrogens is 504 g/mol. The first kappa shape index (κ1) is 25.7. The fourth-order valence-electron chi connectivity index (χ4n) is 7.69. The molecule has 40 heavy (non-hydrogen) atoms. The maximum atomic E-state index is 12.6. The zero-order valence-electron chi connectivity index (χ0n) is 23.3. The van der Waals surface area contributed by atoms with Crippen LogP contribution in [0.2, 0.25) is 0 Å². The third-order valence-electron chi connectivity index (χ3n) is 9.71. The van der Waals surface area contributed by atoms with Gasteiger partial charge in [-0.15, -0.1) is 0 Å². The Labute approximate surface area is 234 Å². The van der Waals surface area contributed by atoms with Gasteiger partial charge in [-0.05, 0) is 70.2 Å². The Balaban J connectivity index is 1.32. The van der Waals surface area contributed by atoms with Crippen molar-refractivity contribution in [1.29, 1.82) is 0 Å². The molecule has 4 aliphatic heterocycles. The summed E-state index contributed by atoms with van der Waals surface area (Å²) < 4.78 is 0. The van der Waals surface area contributed by atoms with Gasteiger partial charge in [0, 0.05) is 61.6 Å². The van der Waals surface area contributed by atoms with Crippen molar-refractivity contribution in [3.05, 3.63) is 47.5 Å². The number of aldehydes is 1. The first-order chi connectivity index (χ1) is 19.5. The number of hydrogen-bond acceptors (Lipinski definition) is 10. The molecule has 2 bridgehead atoms. The van der Waals surface area contributed by atoms with Crippen molar-refractivity contribution in [3.63, 3.8) is 0 Å². The summed E-state index contributed by atoms with van der Waals surface area (Å²) in [5, 5.41) is 15.0. The number of anilines is 2. The van der Waals surface area contributed by atoms with E-state index in [-0.39, 0.29) is 5.92 Å². The van der Waals surface area contributed by atoms with Gasteiger partial charge >= 0.3 is 0 Å². The van der Waals surface area contributed by atoms with E-state index in [0.29, 0.717) is 30.3 Å². The van der Waals surface area contributed by atoms with Crippen molar-refractivity contribution in [3.8, 4) is 0 Å². The maximum Gasteiger partial charge on any atom is 0.225 e. The fourth-order valence-corrected chi connectivity index (χ4v) is 7.69. The van der Waals surface area contributed by atoms with E-state index in [2.05, 4.69) is 38.1 Å². The zero-order chi connectivity index (χ0) is 27.4. The van der Waals surface area contributed by atoms with Crippen LogP contribution >= 0.6 is 0 Å². The van der Waals surface area contributed by atoms with Crippen molar-refractivity contribution in [1.82, 2.24) is 29.7 Å². The van der Waals surface area contributed by atoms with Crippen molar-refractivity contribution in [2.45, 2.75) is 82.4 Å². The number of aliphatic hydroxyl groups is 1. The van der Waals surface area contributed by atoms with Crippen molar-refractivity contribution in [2.24, 2.45) is 5.92 Å². The highest BCUT2D eigenvalue weighted by atomic mass is 16.3. The van der Waals surface area contributed by atoms with Crippen LogP contribution in [0, 0.1) is 5.92 Å². The van der Waals surface area contributed by atoms with Gasteiger partial charge in [-0.25, -0.2) is 15.0 Å². The Bertz CT molecular complexity index is 1410. The van der Waals surface area contributed by atoms with Crippen molar-refractivity contribution in [2.75, 3.05) is 30.4 Å². The molecule has 3 fully saturated rings. The van der Waals surface area contributed by atoms with E-state index in [9.17, 15) is 9.90 Å². The first-order valence-corrected chi connectivity index (χ1v) is 14.7. The van der Waals surface area contributed by atoms with Gasteiger partial charge in [-0.3, -0.25) is 14.8 Å². The summed E-state index contributed by atoms with van der Waals surface area (Å²) in [7, 11) is 2.09. The molecule has 2 N–H and O–H groups in total. The number of aliphatic hydroxyl groups excluding tert-OH is 1. The molecule has 7 rings (SSSR count). The van der Waals surface area contributed by atoms with Crippen LogP contribution in [0.5, 0.6) is 0 Å². The van der Waals surface area contributed by atoms with Gasteiger partial charge in [0.1, 0.15) is 11.8 Å². The van der Waals surface area contributed by atoms with E-state index in [0.717, 1.165) is 61.1 Å². The molecule has 3 aromatic rings. The van der Waals surface area contributed by atoms with E-state index in [1.54, 1.807) is 6.92 Å². The van der Waals surface area contributed by atoms with Gasteiger partial charge in [0.15, 0.2) is 11.6 Å². The molecule has 0 amide bonds. The highest BCUT2D eigenvalue weighted by Gasteiger charge is 2.51. The number of hydrogen-bond donors (Lipinski definition) is 2. The van der Waals surface area contributed by atoms with E-state index < -0.39 is 11.9 Å². The van der Waals surface area contributed by atoms with Crippen LogP contribution in [0.4, 0.5) is 11.8 Å². The number of rotatable bonds is 6. The molecule has 0 saturated carbocycles. The predicted octanol–water partition coefficient (Wildman–Crippen LogP) is 3.27. The van der Waals surface area contributed by atoms with Crippen LogP contribution in [0.25, 0.3) is 10.9 Å². The SMILES string of the molecule is C[C@@H](O)c1cc2cnc(NC3(N4CCc5ncccc5C4)C(C=O)CCCN3C)nc2c(N2C3CCC2CC3)n1. The van der Waals surface area contributed by atoms with E-state index >= 15 is 0 Å². The summed E-state index contributed by atoms with van der Waals surface area (Å²) in [6.07, 6.45) is 11.4. The number of pyridine rings is 2. The topological polar surface area (TPSA) is 111 Å². The summed E-state index contributed by atoms with van der Waals surface area (Å²) in [4.78, 5) is 39.2. The lowest BCUT2D eigenvalue weighted by Gasteiger charge is -2.55. The largest absolute Gasteiger partial charge is 0.387 e. The molecular formula is C30H38N8O2. The molecule has 0 aromatic carbocycles. The van der Waals surface area contributed by atoms with Crippen molar-refractivity contribution >= 4 is 29.0 Å². The quantitative estimate of drug-likeness (QED) is 0.450. The molecule has 3 aromatic heterocycles. The fraction of sp³-hybridized carbons (Fsp3) is 0.567. The summed E-state index contributed by atoms with van der Waals surface area (Å²) >= 11 is 0. The highest BCUT2D eigenvalue weighted by Crippen LogP contribution is 2.43. The minimum Gasteiger partial charge on any atom is -0.387 e. The van der Waals surface area contributed by atoms with Crippen molar-refractivity contribution < 1.29 is 9.90 Å². The third kappa shape index (κ3) is 4.07. The number of aromatic nitrogens is 4. The molecule has 0 spiro atoms. The Hall–Kier alpha value is -3.21.